The lowest BCUT2D eigenvalue weighted by molar-refractivity contribution is 0.346. The Morgan fingerprint density at radius 2 is 2.50 bits per heavy atom. The van der Waals surface area contributed by atoms with Crippen LogP contribution in [-0.4, -0.2) is 28.4 Å². The predicted molar refractivity (Wildman–Crippen MR) is 67.5 cm³/mol. The fraction of sp³-hybridized carbons (Fsp3) is 0.300. The summed E-state index contributed by atoms with van der Waals surface area (Å²) in [6.07, 6.45) is 10.4. The Morgan fingerprint density at radius 1 is 1.56 bits per heavy atom. The highest BCUT2D eigenvalue weighted by atomic mass is 32.2. The fourth-order valence-corrected chi connectivity index (χ4v) is 2.21. The average molecular weight is 253 g/mol. The number of allylic oxidation sites excluding steroid dienone is 2. The summed E-state index contributed by atoms with van der Waals surface area (Å²) in [4.78, 5) is 8.23. The Morgan fingerprint density at radius 3 is 3.31 bits per heavy atom. The van der Waals surface area contributed by atoms with Gasteiger partial charge in [0.25, 0.3) is 5.19 Å². The molecule has 0 saturated heterocycles. The van der Waals surface area contributed by atoms with Crippen LogP contribution < -0.4 is 4.74 Å². The number of aromatic nitrogens is 2. The van der Waals surface area contributed by atoms with Gasteiger partial charge in [0.2, 0.25) is 5.16 Å². The lowest BCUT2D eigenvalue weighted by Crippen LogP contribution is -2.00. The van der Waals surface area contributed by atoms with Gasteiger partial charge in [0.05, 0.1) is 0 Å². The quantitative estimate of drug-likeness (QED) is 0.774. The van der Waals surface area contributed by atoms with Gasteiger partial charge in [-0.15, -0.1) is 0 Å². The molecular weight excluding hydrogens is 242 g/mol. The molecule has 0 spiro atoms. The smallest absolute Gasteiger partial charge is 0.294 e. The third-order valence-electron chi connectivity index (χ3n) is 1.92. The van der Waals surface area contributed by atoms with Crippen LogP contribution in [0.5, 0.6) is 5.19 Å². The lowest BCUT2D eigenvalue weighted by atomic mass is 10.2. The van der Waals surface area contributed by atoms with Crippen molar-refractivity contribution in [2.75, 3.05) is 12.9 Å². The third kappa shape index (κ3) is 3.18. The van der Waals surface area contributed by atoms with E-state index >= 15 is 0 Å². The van der Waals surface area contributed by atoms with Crippen molar-refractivity contribution in [1.29, 1.82) is 0 Å². The van der Waals surface area contributed by atoms with Crippen molar-refractivity contribution >= 4 is 29.5 Å². The normalized spacial score (nSPS) is 14.7. The van der Waals surface area contributed by atoms with Gasteiger partial charge in [-0.1, -0.05) is 17.8 Å². The number of thioether (sulfide) groups is 1. The highest BCUT2D eigenvalue weighted by Crippen LogP contribution is 2.20. The maximum absolute atomic E-state index is 5.55. The number of nitrogens with zero attached hydrogens (tertiary/aromatic N) is 3. The van der Waals surface area contributed by atoms with Gasteiger partial charge in [0.15, 0.2) is 0 Å². The zero-order valence-electron chi connectivity index (χ0n) is 8.79. The molecule has 0 aliphatic carbocycles. The molecule has 4 nitrogen and oxygen atoms in total. The summed E-state index contributed by atoms with van der Waals surface area (Å²) in [6, 6.07) is 0. The molecule has 6 heteroatoms. The van der Waals surface area contributed by atoms with Crippen LogP contribution in [0.3, 0.4) is 0 Å². The van der Waals surface area contributed by atoms with E-state index in [4.69, 9.17) is 4.74 Å². The highest BCUT2D eigenvalue weighted by molar-refractivity contribution is 7.98. The van der Waals surface area contributed by atoms with E-state index in [1.165, 1.54) is 28.9 Å². The second-order valence-corrected chi connectivity index (χ2v) is 4.54. The average Bonchev–Trinajstić information content (AvgIpc) is 2.61. The molecule has 1 aromatic heterocycles. The van der Waals surface area contributed by atoms with Gasteiger partial charge < -0.3 is 4.74 Å². The molecule has 0 fully saturated rings. The Hall–Kier alpha value is -1.14. The number of hydrogen-bond donors (Lipinski definition) is 0. The van der Waals surface area contributed by atoms with Crippen molar-refractivity contribution in [3.63, 3.8) is 0 Å². The monoisotopic (exact) mass is 253 g/mol. The molecule has 84 valence electrons. The van der Waals surface area contributed by atoms with Gasteiger partial charge in [-0.25, -0.2) is 0 Å². The number of rotatable bonds is 4. The molecule has 16 heavy (non-hydrogen) atoms. The van der Waals surface area contributed by atoms with Gasteiger partial charge in [-0.05, 0) is 24.3 Å². The number of ether oxygens (including phenoxy) is 1. The van der Waals surface area contributed by atoms with E-state index < -0.39 is 0 Å². The second kappa shape index (κ2) is 5.81. The number of hydrogen-bond acceptors (Lipinski definition) is 6. The lowest BCUT2D eigenvalue weighted by Gasteiger charge is -2.03. The van der Waals surface area contributed by atoms with Crippen LogP contribution >= 0.6 is 23.3 Å². The van der Waals surface area contributed by atoms with E-state index in [9.17, 15) is 0 Å². The van der Waals surface area contributed by atoms with Crippen LogP contribution in [0.1, 0.15) is 6.42 Å². The van der Waals surface area contributed by atoms with Gasteiger partial charge in [-0.2, -0.15) is 9.36 Å². The summed E-state index contributed by atoms with van der Waals surface area (Å²) in [7, 11) is 0. The molecule has 0 bridgehead atoms. The first-order chi connectivity index (χ1) is 7.88. The van der Waals surface area contributed by atoms with Gasteiger partial charge in [0.1, 0.15) is 6.61 Å². The predicted octanol–water partition coefficient (Wildman–Crippen LogP) is 2.55. The Balaban J connectivity index is 1.89. The first-order valence-corrected chi connectivity index (χ1v) is 6.75. The van der Waals surface area contributed by atoms with E-state index in [-0.39, 0.29) is 0 Å². The first-order valence-electron chi connectivity index (χ1n) is 4.75. The van der Waals surface area contributed by atoms with Crippen LogP contribution in [0.25, 0.3) is 0 Å². The molecule has 1 aromatic rings. The van der Waals surface area contributed by atoms with Crippen molar-refractivity contribution in [2.45, 2.75) is 11.6 Å². The molecule has 0 saturated carbocycles. The van der Waals surface area contributed by atoms with E-state index in [0.717, 1.165) is 11.6 Å². The van der Waals surface area contributed by atoms with Crippen molar-refractivity contribution < 1.29 is 4.74 Å². The Bertz CT molecular complexity index is 437. The minimum absolute atomic E-state index is 0.541. The third-order valence-corrected chi connectivity index (χ3v) is 3.21. The largest absolute Gasteiger partial charge is 0.464 e. The van der Waals surface area contributed by atoms with Crippen molar-refractivity contribution in [2.24, 2.45) is 4.99 Å². The van der Waals surface area contributed by atoms with Crippen molar-refractivity contribution in [3.8, 4) is 5.19 Å². The van der Waals surface area contributed by atoms with Crippen LogP contribution in [-0.2, 0) is 0 Å². The summed E-state index contributed by atoms with van der Waals surface area (Å²) < 4.78 is 9.68. The standard InChI is InChI=1S/C10H11N3OS2/c1-15-9-12-10(16-13-9)14-7-8-3-2-5-11-6-4-8/h2,4-6H,3,7H2,1H3. The van der Waals surface area contributed by atoms with Crippen molar-refractivity contribution in [1.82, 2.24) is 9.36 Å². The topological polar surface area (TPSA) is 47.4 Å². The Labute approximate surface area is 102 Å². The zero-order valence-corrected chi connectivity index (χ0v) is 10.4. The maximum Gasteiger partial charge on any atom is 0.294 e. The zero-order chi connectivity index (χ0) is 11.2. The molecule has 0 atom stereocenters. The molecule has 0 aromatic carbocycles. The Kier molecular flexibility index (Phi) is 4.12. The molecule has 0 N–H and O–H groups in total. The van der Waals surface area contributed by atoms with E-state index in [1.54, 1.807) is 12.4 Å². The second-order valence-electron chi connectivity index (χ2n) is 3.05. The number of aliphatic imine (C=N–C) groups is 1. The van der Waals surface area contributed by atoms with Gasteiger partial charge in [-0.3, -0.25) is 4.99 Å². The van der Waals surface area contributed by atoms with Gasteiger partial charge in [0, 0.05) is 23.9 Å². The molecular formula is C10H11N3OS2. The van der Waals surface area contributed by atoms with Crippen LogP contribution in [0.4, 0.5) is 0 Å². The molecule has 2 heterocycles. The minimum atomic E-state index is 0.541. The van der Waals surface area contributed by atoms with E-state index in [0.29, 0.717) is 11.8 Å². The molecule has 0 unspecified atom stereocenters. The minimum Gasteiger partial charge on any atom is -0.464 e. The summed E-state index contributed by atoms with van der Waals surface area (Å²) in [5.74, 6) is 0. The molecule has 1 aliphatic rings. The van der Waals surface area contributed by atoms with Crippen molar-refractivity contribution in [3.05, 3.63) is 23.9 Å². The summed E-state index contributed by atoms with van der Waals surface area (Å²) in [6.45, 7) is 0.541. The summed E-state index contributed by atoms with van der Waals surface area (Å²) in [5.41, 5.74) is 1.18. The SMILES string of the molecule is CSc1nsc(OCC2=CC=NC=CC2)n1. The first kappa shape index (κ1) is 11.3. The van der Waals surface area contributed by atoms with Gasteiger partial charge >= 0.3 is 0 Å². The fourth-order valence-electron chi connectivity index (χ4n) is 1.13. The van der Waals surface area contributed by atoms with Crippen LogP contribution in [0.2, 0.25) is 0 Å². The molecule has 0 amide bonds. The summed E-state index contributed by atoms with van der Waals surface area (Å²) >= 11 is 2.80. The molecule has 2 rings (SSSR count). The molecule has 0 radical (unpaired) electrons. The summed E-state index contributed by atoms with van der Waals surface area (Å²) in [5, 5.41) is 1.38. The maximum atomic E-state index is 5.55. The highest BCUT2D eigenvalue weighted by Gasteiger charge is 2.05. The van der Waals surface area contributed by atoms with Crippen LogP contribution in [0.15, 0.2) is 34.1 Å². The van der Waals surface area contributed by atoms with E-state index in [2.05, 4.69) is 14.3 Å². The molecule has 1 aliphatic heterocycles. The van der Waals surface area contributed by atoms with Crippen LogP contribution in [0, 0.1) is 0 Å². The van der Waals surface area contributed by atoms with E-state index in [1.807, 2.05) is 18.4 Å².